The molecule has 0 bridgehead atoms. The molecule has 0 aliphatic carbocycles. The van der Waals surface area contributed by atoms with Gasteiger partial charge in [0, 0.05) is 18.1 Å². The Morgan fingerprint density at radius 3 is 2.53 bits per heavy atom. The summed E-state index contributed by atoms with van der Waals surface area (Å²) in [6.45, 7) is 7.64. The minimum atomic E-state index is 0.502. The highest BCUT2D eigenvalue weighted by atomic mass is 35.5. The maximum absolute atomic E-state index is 5.57. The predicted molar refractivity (Wildman–Crippen MR) is 73.5 cm³/mol. The molecule has 0 saturated heterocycles. The van der Waals surface area contributed by atoms with Crippen molar-refractivity contribution in [2.45, 2.75) is 33.4 Å². The Morgan fingerprint density at radius 1 is 1.35 bits per heavy atom. The summed E-state index contributed by atoms with van der Waals surface area (Å²) in [6, 6.07) is 8.62. The molecule has 0 spiro atoms. The maximum atomic E-state index is 5.57. The number of hydrogen-bond donors (Lipinski definition) is 1. The third-order valence-electron chi connectivity index (χ3n) is 2.29. The topological polar surface area (TPSA) is 21.3 Å². The molecule has 0 fully saturated rings. The van der Waals surface area contributed by atoms with E-state index in [4.69, 9.17) is 16.3 Å². The standard InChI is InChI=1S/C14H20ClNO/c1-11(2)16-9-13-4-6-14(7-5-13)17-10-12(3)8-15/h4-8,11,16H,9-10H2,1-3H3/b12-8+. The van der Waals surface area contributed by atoms with E-state index >= 15 is 0 Å². The molecule has 0 atom stereocenters. The zero-order chi connectivity index (χ0) is 12.7. The Hall–Kier alpha value is -0.990. The third-order valence-corrected chi connectivity index (χ3v) is 2.66. The van der Waals surface area contributed by atoms with Crippen LogP contribution in [0, 0.1) is 0 Å². The van der Waals surface area contributed by atoms with E-state index in [1.807, 2.05) is 19.1 Å². The number of nitrogens with one attached hydrogen (secondary N) is 1. The molecule has 1 N–H and O–H groups in total. The van der Waals surface area contributed by atoms with Crippen LogP contribution in [0.2, 0.25) is 0 Å². The van der Waals surface area contributed by atoms with Gasteiger partial charge in [-0.25, -0.2) is 0 Å². The molecule has 0 aromatic heterocycles. The van der Waals surface area contributed by atoms with Crippen LogP contribution in [0.4, 0.5) is 0 Å². The monoisotopic (exact) mass is 253 g/mol. The molecule has 17 heavy (non-hydrogen) atoms. The van der Waals surface area contributed by atoms with Crippen molar-refractivity contribution in [3.63, 3.8) is 0 Å². The summed E-state index contributed by atoms with van der Waals surface area (Å²) in [4.78, 5) is 0. The summed E-state index contributed by atoms with van der Waals surface area (Å²) < 4.78 is 5.57. The van der Waals surface area contributed by atoms with Gasteiger partial charge in [0.25, 0.3) is 0 Å². The van der Waals surface area contributed by atoms with E-state index in [-0.39, 0.29) is 0 Å². The Morgan fingerprint density at radius 2 is 2.00 bits per heavy atom. The number of rotatable bonds is 6. The van der Waals surface area contributed by atoms with Gasteiger partial charge in [-0.05, 0) is 30.2 Å². The Kier molecular flexibility index (Phi) is 6.09. The Bertz CT molecular complexity index is 357. The van der Waals surface area contributed by atoms with Crippen LogP contribution in [0.3, 0.4) is 0 Å². The van der Waals surface area contributed by atoms with Gasteiger partial charge in [-0.15, -0.1) is 0 Å². The SMILES string of the molecule is C/C(=C\Cl)COc1ccc(CNC(C)C)cc1. The highest BCUT2D eigenvalue weighted by Crippen LogP contribution is 2.13. The third kappa shape index (κ3) is 5.76. The lowest BCUT2D eigenvalue weighted by molar-refractivity contribution is 0.352. The average molecular weight is 254 g/mol. The van der Waals surface area contributed by atoms with E-state index in [1.54, 1.807) is 5.54 Å². The summed E-state index contributed by atoms with van der Waals surface area (Å²) in [5.41, 5.74) is 3.81. The van der Waals surface area contributed by atoms with Crippen LogP contribution in [0.15, 0.2) is 35.4 Å². The lowest BCUT2D eigenvalue weighted by Crippen LogP contribution is -2.21. The van der Waals surface area contributed by atoms with Gasteiger partial charge in [0.1, 0.15) is 12.4 Å². The van der Waals surface area contributed by atoms with Crippen molar-refractivity contribution in [2.24, 2.45) is 0 Å². The quantitative estimate of drug-likeness (QED) is 0.835. The van der Waals surface area contributed by atoms with E-state index in [2.05, 4.69) is 31.3 Å². The predicted octanol–water partition coefficient (Wildman–Crippen LogP) is 3.71. The number of halogens is 1. The van der Waals surface area contributed by atoms with Crippen LogP contribution in [-0.4, -0.2) is 12.6 Å². The number of hydrogen-bond acceptors (Lipinski definition) is 2. The lowest BCUT2D eigenvalue weighted by atomic mass is 10.2. The minimum Gasteiger partial charge on any atom is -0.489 e. The molecule has 0 radical (unpaired) electrons. The highest BCUT2D eigenvalue weighted by molar-refractivity contribution is 6.25. The van der Waals surface area contributed by atoms with Gasteiger partial charge < -0.3 is 10.1 Å². The van der Waals surface area contributed by atoms with Gasteiger partial charge in [0.05, 0.1) is 0 Å². The van der Waals surface area contributed by atoms with Gasteiger partial charge in [-0.3, -0.25) is 0 Å². The zero-order valence-corrected chi connectivity index (χ0v) is 11.4. The molecular weight excluding hydrogens is 234 g/mol. The van der Waals surface area contributed by atoms with Crippen molar-refractivity contribution in [3.8, 4) is 5.75 Å². The van der Waals surface area contributed by atoms with Gasteiger partial charge in [-0.1, -0.05) is 37.6 Å². The van der Waals surface area contributed by atoms with Gasteiger partial charge >= 0.3 is 0 Å². The van der Waals surface area contributed by atoms with Crippen LogP contribution < -0.4 is 10.1 Å². The van der Waals surface area contributed by atoms with Gasteiger partial charge in [0.2, 0.25) is 0 Å². The van der Waals surface area contributed by atoms with Crippen LogP contribution in [0.5, 0.6) is 5.75 Å². The number of ether oxygens (including phenoxy) is 1. The molecule has 1 aromatic carbocycles. The fraction of sp³-hybridized carbons (Fsp3) is 0.429. The minimum absolute atomic E-state index is 0.502. The maximum Gasteiger partial charge on any atom is 0.119 e. The second-order valence-electron chi connectivity index (χ2n) is 4.42. The fourth-order valence-electron chi connectivity index (χ4n) is 1.25. The molecule has 0 aliphatic rings. The first-order chi connectivity index (χ1) is 8.11. The smallest absolute Gasteiger partial charge is 0.119 e. The Labute approximate surface area is 109 Å². The second kappa shape index (κ2) is 7.36. The molecule has 0 heterocycles. The molecule has 2 nitrogen and oxygen atoms in total. The van der Waals surface area contributed by atoms with Crippen molar-refractivity contribution in [3.05, 3.63) is 40.9 Å². The summed E-state index contributed by atoms with van der Waals surface area (Å²) >= 11 is 5.56. The Balaban J connectivity index is 2.44. The summed E-state index contributed by atoms with van der Waals surface area (Å²) in [7, 11) is 0. The lowest BCUT2D eigenvalue weighted by Gasteiger charge is -2.09. The second-order valence-corrected chi connectivity index (χ2v) is 4.64. The van der Waals surface area contributed by atoms with Crippen LogP contribution in [-0.2, 0) is 6.54 Å². The summed E-state index contributed by atoms with van der Waals surface area (Å²) in [5.74, 6) is 0.871. The first-order valence-corrected chi connectivity index (χ1v) is 6.26. The van der Waals surface area contributed by atoms with Crippen LogP contribution in [0.1, 0.15) is 26.3 Å². The van der Waals surface area contributed by atoms with E-state index in [0.717, 1.165) is 17.9 Å². The molecule has 0 amide bonds. The zero-order valence-electron chi connectivity index (χ0n) is 10.7. The van der Waals surface area contributed by atoms with Crippen LogP contribution in [0.25, 0.3) is 0 Å². The van der Waals surface area contributed by atoms with Gasteiger partial charge in [-0.2, -0.15) is 0 Å². The first kappa shape index (κ1) is 14.1. The highest BCUT2D eigenvalue weighted by Gasteiger charge is 1.97. The molecule has 3 heteroatoms. The van der Waals surface area contributed by atoms with E-state index < -0.39 is 0 Å². The largest absolute Gasteiger partial charge is 0.489 e. The fourth-order valence-corrected chi connectivity index (χ4v) is 1.32. The molecule has 0 aliphatic heterocycles. The van der Waals surface area contributed by atoms with E-state index in [0.29, 0.717) is 12.6 Å². The molecule has 0 unspecified atom stereocenters. The van der Waals surface area contributed by atoms with E-state index in [9.17, 15) is 0 Å². The van der Waals surface area contributed by atoms with Crippen molar-refractivity contribution in [1.82, 2.24) is 5.32 Å². The molecular formula is C14H20ClNO. The molecule has 1 aromatic rings. The summed E-state index contributed by atoms with van der Waals surface area (Å²) in [6.07, 6.45) is 0. The molecule has 1 rings (SSSR count). The van der Waals surface area contributed by atoms with Gasteiger partial charge in [0.15, 0.2) is 0 Å². The number of benzene rings is 1. The first-order valence-electron chi connectivity index (χ1n) is 5.83. The summed E-state index contributed by atoms with van der Waals surface area (Å²) in [5, 5.41) is 3.37. The van der Waals surface area contributed by atoms with Crippen molar-refractivity contribution in [1.29, 1.82) is 0 Å². The average Bonchev–Trinajstić information content (AvgIpc) is 2.34. The molecule has 0 saturated carbocycles. The van der Waals surface area contributed by atoms with Crippen molar-refractivity contribution < 1.29 is 4.74 Å². The van der Waals surface area contributed by atoms with Crippen LogP contribution >= 0.6 is 11.6 Å². The molecule has 94 valence electrons. The van der Waals surface area contributed by atoms with Crippen molar-refractivity contribution in [2.75, 3.05) is 6.61 Å². The van der Waals surface area contributed by atoms with E-state index in [1.165, 1.54) is 5.56 Å². The van der Waals surface area contributed by atoms with Crippen molar-refractivity contribution >= 4 is 11.6 Å². The normalized spacial score (nSPS) is 11.9.